The largest absolute Gasteiger partial charge is 0.462 e. The van der Waals surface area contributed by atoms with E-state index in [0.717, 1.165) is 51.6 Å². The average Bonchev–Trinajstić information content (AvgIpc) is 3.32. The molecule has 4 nitrogen and oxygen atoms in total. The van der Waals surface area contributed by atoms with Crippen molar-refractivity contribution in [3.63, 3.8) is 0 Å². The van der Waals surface area contributed by atoms with Crippen LogP contribution in [0.15, 0.2) is 0 Å². The Balaban J connectivity index is 1.42. The first-order valence-electron chi connectivity index (χ1n) is 8.23. The fourth-order valence-corrected chi connectivity index (χ4v) is 3.37. The minimum Gasteiger partial charge on any atom is -0.462 e. The number of carbonyl (C=O) groups excluding carboxylic acids is 2. The molecule has 3 rings (SSSR count). The van der Waals surface area contributed by atoms with Gasteiger partial charge in [0.1, 0.15) is 6.10 Å². The number of ether oxygens (including phenoxy) is 1. The molecule has 3 aliphatic rings. The molecule has 0 aromatic carbocycles. The van der Waals surface area contributed by atoms with E-state index in [4.69, 9.17) is 4.74 Å². The van der Waals surface area contributed by atoms with Crippen molar-refractivity contribution in [1.29, 1.82) is 0 Å². The van der Waals surface area contributed by atoms with E-state index in [9.17, 15) is 9.59 Å². The van der Waals surface area contributed by atoms with Gasteiger partial charge < -0.3 is 9.64 Å². The topological polar surface area (TPSA) is 46.6 Å². The SMILES string of the molecule is O=C(OC1CCCCC1)C1CCN(C(=O)C2CC2)CC1. The molecule has 0 aromatic rings. The first-order chi connectivity index (χ1) is 9.74. The first-order valence-corrected chi connectivity index (χ1v) is 8.23. The van der Waals surface area contributed by atoms with E-state index in [-0.39, 0.29) is 18.0 Å². The molecule has 2 aliphatic carbocycles. The van der Waals surface area contributed by atoms with Crippen LogP contribution in [0.5, 0.6) is 0 Å². The summed E-state index contributed by atoms with van der Waals surface area (Å²) >= 11 is 0. The van der Waals surface area contributed by atoms with Crippen LogP contribution in [-0.2, 0) is 14.3 Å². The van der Waals surface area contributed by atoms with Gasteiger partial charge in [-0.05, 0) is 51.4 Å². The summed E-state index contributed by atoms with van der Waals surface area (Å²) in [6, 6.07) is 0. The normalized spacial score (nSPS) is 25.5. The molecule has 0 bridgehead atoms. The van der Waals surface area contributed by atoms with Crippen LogP contribution >= 0.6 is 0 Å². The fourth-order valence-electron chi connectivity index (χ4n) is 3.37. The highest BCUT2D eigenvalue weighted by atomic mass is 16.5. The van der Waals surface area contributed by atoms with Gasteiger partial charge in [0, 0.05) is 19.0 Å². The van der Waals surface area contributed by atoms with E-state index < -0.39 is 0 Å². The Kier molecular flexibility index (Phi) is 4.27. The van der Waals surface area contributed by atoms with Crippen molar-refractivity contribution < 1.29 is 14.3 Å². The lowest BCUT2D eigenvalue weighted by Gasteiger charge is -2.32. The zero-order valence-electron chi connectivity index (χ0n) is 12.2. The molecule has 0 radical (unpaired) electrons. The zero-order chi connectivity index (χ0) is 13.9. The molecule has 112 valence electrons. The quantitative estimate of drug-likeness (QED) is 0.746. The van der Waals surface area contributed by atoms with Crippen molar-refractivity contribution in [1.82, 2.24) is 4.90 Å². The second-order valence-corrected chi connectivity index (χ2v) is 6.57. The van der Waals surface area contributed by atoms with E-state index in [1.54, 1.807) is 0 Å². The molecule has 0 aromatic heterocycles. The van der Waals surface area contributed by atoms with Crippen LogP contribution in [0.3, 0.4) is 0 Å². The molecular weight excluding hydrogens is 254 g/mol. The van der Waals surface area contributed by atoms with Crippen molar-refractivity contribution in [2.24, 2.45) is 11.8 Å². The molecule has 0 spiro atoms. The summed E-state index contributed by atoms with van der Waals surface area (Å²) < 4.78 is 5.64. The molecule has 2 saturated carbocycles. The summed E-state index contributed by atoms with van der Waals surface area (Å²) in [7, 11) is 0. The third kappa shape index (κ3) is 3.33. The van der Waals surface area contributed by atoms with Crippen molar-refractivity contribution in [3.05, 3.63) is 0 Å². The van der Waals surface area contributed by atoms with E-state index in [0.29, 0.717) is 11.8 Å². The van der Waals surface area contributed by atoms with Crippen LogP contribution in [0, 0.1) is 11.8 Å². The summed E-state index contributed by atoms with van der Waals surface area (Å²) in [5.41, 5.74) is 0. The third-order valence-corrected chi connectivity index (χ3v) is 4.90. The number of amides is 1. The maximum atomic E-state index is 12.2. The summed E-state index contributed by atoms with van der Waals surface area (Å²) in [6.45, 7) is 1.47. The van der Waals surface area contributed by atoms with Gasteiger partial charge in [-0.15, -0.1) is 0 Å². The Morgan fingerprint density at radius 3 is 2.05 bits per heavy atom. The fraction of sp³-hybridized carbons (Fsp3) is 0.875. The van der Waals surface area contributed by atoms with E-state index in [2.05, 4.69) is 0 Å². The predicted molar refractivity (Wildman–Crippen MR) is 75.0 cm³/mol. The number of hydrogen-bond donors (Lipinski definition) is 0. The second-order valence-electron chi connectivity index (χ2n) is 6.57. The maximum absolute atomic E-state index is 12.2. The predicted octanol–water partition coefficient (Wildman–Crippen LogP) is 2.51. The standard InChI is InChI=1S/C16H25NO3/c18-15(12-6-7-12)17-10-8-13(9-11-17)16(19)20-14-4-2-1-3-5-14/h12-14H,1-11H2. The van der Waals surface area contributed by atoms with Crippen molar-refractivity contribution in [2.45, 2.75) is 63.9 Å². The Labute approximate surface area is 120 Å². The Morgan fingerprint density at radius 2 is 1.45 bits per heavy atom. The van der Waals surface area contributed by atoms with E-state index in [1.165, 1.54) is 19.3 Å². The molecular formula is C16H25NO3. The van der Waals surface area contributed by atoms with Gasteiger partial charge in [-0.2, -0.15) is 0 Å². The van der Waals surface area contributed by atoms with Crippen molar-refractivity contribution in [2.75, 3.05) is 13.1 Å². The second kappa shape index (κ2) is 6.15. The first kappa shape index (κ1) is 13.9. The Bertz CT molecular complexity index is 364. The molecule has 0 N–H and O–H groups in total. The van der Waals surface area contributed by atoms with Crippen LogP contribution in [0.4, 0.5) is 0 Å². The zero-order valence-corrected chi connectivity index (χ0v) is 12.2. The van der Waals surface area contributed by atoms with Gasteiger partial charge in [-0.1, -0.05) is 6.42 Å². The van der Waals surface area contributed by atoms with Crippen LogP contribution < -0.4 is 0 Å². The van der Waals surface area contributed by atoms with Gasteiger partial charge in [0.15, 0.2) is 0 Å². The lowest BCUT2D eigenvalue weighted by atomic mass is 9.95. The number of rotatable bonds is 3. The summed E-state index contributed by atoms with van der Waals surface area (Å²) in [5.74, 6) is 0.598. The van der Waals surface area contributed by atoms with Crippen LogP contribution in [0.25, 0.3) is 0 Å². The number of esters is 1. The van der Waals surface area contributed by atoms with Crippen LogP contribution in [-0.4, -0.2) is 36.0 Å². The highest BCUT2D eigenvalue weighted by Crippen LogP contribution is 2.32. The number of carbonyl (C=O) groups is 2. The molecule has 3 fully saturated rings. The molecule has 4 heteroatoms. The van der Waals surface area contributed by atoms with Gasteiger partial charge in [0.2, 0.25) is 5.91 Å². The molecule has 1 heterocycles. The average molecular weight is 279 g/mol. The van der Waals surface area contributed by atoms with Crippen LogP contribution in [0.2, 0.25) is 0 Å². The van der Waals surface area contributed by atoms with Gasteiger partial charge in [0.25, 0.3) is 0 Å². The minimum absolute atomic E-state index is 0.0141. The molecule has 1 aliphatic heterocycles. The van der Waals surface area contributed by atoms with Crippen molar-refractivity contribution in [3.8, 4) is 0 Å². The number of nitrogens with zero attached hydrogens (tertiary/aromatic N) is 1. The monoisotopic (exact) mass is 279 g/mol. The maximum Gasteiger partial charge on any atom is 0.309 e. The molecule has 1 amide bonds. The number of hydrogen-bond acceptors (Lipinski definition) is 3. The molecule has 0 atom stereocenters. The van der Waals surface area contributed by atoms with Gasteiger partial charge in [0.05, 0.1) is 5.92 Å². The smallest absolute Gasteiger partial charge is 0.309 e. The van der Waals surface area contributed by atoms with Crippen molar-refractivity contribution >= 4 is 11.9 Å². The highest BCUT2D eigenvalue weighted by molar-refractivity contribution is 5.81. The third-order valence-electron chi connectivity index (χ3n) is 4.90. The number of likely N-dealkylation sites (tertiary alicyclic amines) is 1. The summed E-state index contributed by atoms with van der Waals surface area (Å²) in [5, 5.41) is 0. The number of piperidine rings is 1. The van der Waals surface area contributed by atoms with Gasteiger partial charge in [-0.3, -0.25) is 9.59 Å². The Morgan fingerprint density at radius 1 is 0.800 bits per heavy atom. The highest BCUT2D eigenvalue weighted by Gasteiger charge is 2.36. The van der Waals surface area contributed by atoms with E-state index >= 15 is 0 Å². The molecule has 0 unspecified atom stereocenters. The summed E-state index contributed by atoms with van der Waals surface area (Å²) in [4.78, 5) is 26.1. The summed E-state index contributed by atoms with van der Waals surface area (Å²) in [6.07, 6.45) is 9.55. The van der Waals surface area contributed by atoms with Crippen LogP contribution in [0.1, 0.15) is 57.8 Å². The lowest BCUT2D eigenvalue weighted by Crippen LogP contribution is -2.41. The van der Waals surface area contributed by atoms with Gasteiger partial charge >= 0.3 is 5.97 Å². The minimum atomic E-state index is -0.0181. The molecule has 1 saturated heterocycles. The van der Waals surface area contributed by atoms with E-state index in [1.807, 2.05) is 4.90 Å². The Hall–Kier alpha value is -1.06. The molecule has 20 heavy (non-hydrogen) atoms. The van der Waals surface area contributed by atoms with Gasteiger partial charge in [-0.25, -0.2) is 0 Å². The lowest BCUT2D eigenvalue weighted by molar-refractivity contribution is -0.158.